The van der Waals surface area contributed by atoms with Crippen molar-refractivity contribution in [2.75, 3.05) is 78.8 Å². The van der Waals surface area contributed by atoms with Crippen molar-refractivity contribution in [2.45, 2.75) is 12.8 Å². The third-order valence-corrected chi connectivity index (χ3v) is 8.23. The molecule has 2 amide bonds. The van der Waals surface area contributed by atoms with Crippen molar-refractivity contribution in [3.05, 3.63) is 59.7 Å². The Morgan fingerprint density at radius 1 is 0.675 bits per heavy atom. The van der Waals surface area contributed by atoms with E-state index in [0.717, 1.165) is 112 Å². The smallest absolute Gasteiger partial charge is 0.251 e. The molecule has 8 heteroatoms. The summed E-state index contributed by atoms with van der Waals surface area (Å²) in [6, 6.07) is 16.0. The summed E-state index contributed by atoms with van der Waals surface area (Å²) in [5.41, 5.74) is 5.69. The van der Waals surface area contributed by atoms with Gasteiger partial charge in [0.05, 0.1) is 26.4 Å². The summed E-state index contributed by atoms with van der Waals surface area (Å²) in [6.45, 7) is 10.2. The molecule has 2 aliphatic heterocycles. The number of hydrogen-bond donors (Lipinski definition) is 2. The van der Waals surface area contributed by atoms with Crippen molar-refractivity contribution < 1.29 is 19.1 Å². The third kappa shape index (κ3) is 5.76. The molecule has 8 nitrogen and oxygen atoms in total. The van der Waals surface area contributed by atoms with Crippen LogP contribution in [0.1, 0.15) is 33.6 Å². The Kier molecular flexibility index (Phi) is 8.39. The second kappa shape index (κ2) is 12.5. The van der Waals surface area contributed by atoms with E-state index in [0.29, 0.717) is 24.2 Å². The first kappa shape index (κ1) is 26.9. The van der Waals surface area contributed by atoms with Gasteiger partial charge in [-0.05, 0) is 77.2 Å². The van der Waals surface area contributed by atoms with Gasteiger partial charge in [0.1, 0.15) is 0 Å². The average Bonchev–Trinajstić information content (AvgIpc) is 3.33. The fraction of sp³-hybridized carbons (Fsp3) is 0.438. The normalized spacial score (nSPS) is 17.1. The van der Waals surface area contributed by atoms with Gasteiger partial charge in [0.15, 0.2) is 0 Å². The molecule has 2 fully saturated rings. The van der Waals surface area contributed by atoms with Gasteiger partial charge in [0.2, 0.25) is 0 Å². The highest BCUT2D eigenvalue weighted by molar-refractivity contribution is 6.20. The SMILES string of the molecule is O=C(NCCCN1CCOCC1)c1ccc2c(c1)-c1ccc(C(=O)NCCCN3CCOCC3)c3cccc-2c13. The molecule has 0 radical (unpaired) electrons. The molecule has 2 heterocycles. The zero-order valence-corrected chi connectivity index (χ0v) is 23.0. The van der Waals surface area contributed by atoms with Crippen LogP contribution in [0, 0.1) is 0 Å². The van der Waals surface area contributed by atoms with Crippen LogP contribution in [0.15, 0.2) is 48.5 Å². The molecule has 3 aromatic rings. The number of amides is 2. The van der Waals surface area contributed by atoms with Crippen LogP contribution < -0.4 is 10.6 Å². The number of rotatable bonds is 10. The van der Waals surface area contributed by atoms with Crippen LogP contribution in [0.25, 0.3) is 33.0 Å². The topological polar surface area (TPSA) is 83.1 Å². The minimum absolute atomic E-state index is 0.0428. The number of hydrogen-bond acceptors (Lipinski definition) is 6. The zero-order chi connectivity index (χ0) is 27.3. The molecule has 2 N–H and O–H groups in total. The highest BCUT2D eigenvalue weighted by Crippen LogP contribution is 2.48. The minimum Gasteiger partial charge on any atom is -0.379 e. The van der Waals surface area contributed by atoms with Crippen LogP contribution in [-0.4, -0.2) is 100 Å². The Morgan fingerprint density at radius 2 is 1.27 bits per heavy atom. The van der Waals surface area contributed by atoms with Gasteiger partial charge in [0, 0.05) is 50.4 Å². The van der Waals surface area contributed by atoms with Crippen molar-refractivity contribution >= 4 is 22.6 Å². The molecule has 210 valence electrons. The van der Waals surface area contributed by atoms with Crippen molar-refractivity contribution in [3.63, 3.8) is 0 Å². The monoisotopic (exact) mass is 542 g/mol. The number of benzene rings is 3. The molecule has 0 spiro atoms. The molecule has 0 atom stereocenters. The van der Waals surface area contributed by atoms with Crippen LogP contribution in [0.4, 0.5) is 0 Å². The van der Waals surface area contributed by atoms with E-state index in [1.165, 1.54) is 0 Å². The van der Waals surface area contributed by atoms with Crippen LogP contribution in [0.2, 0.25) is 0 Å². The standard InChI is InChI=1S/C32H38N4O4/c37-31(33-10-2-12-35-14-18-39-19-15-35)23-6-7-24-25-4-1-5-26-28(9-8-27(30(25)26)29(24)22-23)32(38)34-11-3-13-36-16-20-40-21-17-36/h1,4-9,22H,2-3,10-21H2,(H,33,37)(H,34,38). The summed E-state index contributed by atoms with van der Waals surface area (Å²) in [6.07, 6.45) is 1.83. The van der Waals surface area contributed by atoms with Crippen molar-refractivity contribution in [1.82, 2.24) is 20.4 Å². The first-order valence-electron chi connectivity index (χ1n) is 14.6. The summed E-state index contributed by atoms with van der Waals surface area (Å²) >= 11 is 0. The van der Waals surface area contributed by atoms with E-state index in [1.54, 1.807) is 0 Å². The van der Waals surface area contributed by atoms with E-state index in [4.69, 9.17) is 9.47 Å². The zero-order valence-electron chi connectivity index (χ0n) is 23.0. The van der Waals surface area contributed by atoms with E-state index in [2.05, 4.69) is 26.5 Å². The number of nitrogens with one attached hydrogen (secondary N) is 2. The molecule has 0 aromatic heterocycles. The first-order chi connectivity index (χ1) is 19.7. The Balaban J connectivity index is 1.11. The lowest BCUT2D eigenvalue weighted by molar-refractivity contribution is 0.0373. The summed E-state index contributed by atoms with van der Waals surface area (Å²) in [5, 5.41) is 8.24. The van der Waals surface area contributed by atoms with Crippen LogP contribution in [-0.2, 0) is 9.47 Å². The Morgan fingerprint density at radius 3 is 1.95 bits per heavy atom. The maximum atomic E-state index is 13.2. The number of carbonyl (C=O) groups excluding carboxylic acids is 2. The number of carbonyl (C=O) groups is 2. The Hall–Kier alpha value is -3.30. The third-order valence-electron chi connectivity index (χ3n) is 8.23. The van der Waals surface area contributed by atoms with E-state index < -0.39 is 0 Å². The Labute approximate surface area is 235 Å². The number of fused-ring (bicyclic) bond motifs is 3. The number of morpholine rings is 2. The maximum absolute atomic E-state index is 13.2. The van der Waals surface area contributed by atoms with Crippen molar-refractivity contribution in [1.29, 1.82) is 0 Å². The van der Waals surface area contributed by atoms with Gasteiger partial charge in [-0.1, -0.05) is 30.3 Å². The largest absolute Gasteiger partial charge is 0.379 e. The van der Waals surface area contributed by atoms with Crippen LogP contribution in [0.5, 0.6) is 0 Å². The van der Waals surface area contributed by atoms with Crippen molar-refractivity contribution in [2.24, 2.45) is 0 Å². The summed E-state index contributed by atoms with van der Waals surface area (Å²) < 4.78 is 10.8. The van der Waals surface area contributed by atoms with E-state index in [9.17, 15) is 9.59 Å². The van der Waals surface area contributed by atoms with Gasteiger partial charge in [-0.15, -0.1) is 0 Å². The van der Waals surface area contributed by atoms with E-state index in [-0.39, 0.29) is 11.8 Å². The highest BCUT2D eigenvalue weighted by Gasteiger charge is 2.25. The second-order valence-corrected chi connectivity index (χ2v) is 10.8. The van der Waals surface area contributed by atoms with Gasteiger partial charge in [-0.2, -0.15) is 0 Å². The molecule has 0 bridgehead atoms. The molecule has 0 unspecified atom stereocenters. The molecule has 3 aromatic carbocycles. The molecule has 2 saturated heterocycles. The van der Waals surface area contributed by atoms with Crippen molar-refractivity contribution in [3.8, 4) is 22.3 Å². The van der Waals surface area contributed by atoms with Gasteiger partial charge in [0.25, 0.3) is 11.8 Å². The highest BCUT2D eigenvalue weighted by atomic mass is 16.5. The van der Waals surface area contributed by atoms with Gasteiger partial charge < -0.3 is 20.1 Å². The second-order valence-electron chi connectivity index (χ2n) is 10.8. The van der Waals surface area contributed by atoms with Gasteiger partial charge >= 0.3 is 0 Å². The minimum atomic E-state index is -0.0509. The Bertz CT molecular complexity index is 1380. The van der Waals surface area contributed by atoms with E-state index in [1.807, 2.05) is 42.5 Å². The lowest BCUT2D eigenvalue weighted by atomic mass is 9.98. The molecular weight excluding hydrogens is 504 g/mol. The predicted octanol–water partition coefficient (Wildman–Crippen LogP) is 3.39. The molecule has 1 aliphatic carbocycles. The summed E-state index contributed by atoms with van der Waals surface area (Å²) in [5.74, 6) is -0.0937. The van der Waals surface area contributed by atoms with E-state index >= 15 is 0 Å². The van der Waals surface area contributed by atoms with Gasteiger partial charge in [-0.25, -0.2) is 0 Å². The fourth-order valence-corrected chi connectivity index (χ4v) is 6.05. The summed E-state index contributed by atoms with van der Waals surface area (Å²) in [7, 11) is 0. The van der Waals surface area contributed by atoms with Gasteiger partial charge in [-0.3, -0.25) is 19.4 Å². The van der Waals surface area contributed by atoms with Crippen LogP contribution in [0.3, 0.4) is 0 Å². The molecule has 0 saturated carbocycles. The molecule has 40 heavy (non-hydrogen) atoms. The van der Waals surface area contributed by atoms with Crippen LogP contribution >= 0.6 is 0 Å². The average molecular weight is 543 g/mol. The molecule has 6 rings (SSSR count). The predicted molar refractivity (Wildman–Crippen MR) is 157 cm³/mol. The lowest BCUT2D eigenvalue weighted by Gasteiger charge is -2.26. The quantitative estimate of drug-likeness (QED) is 0.299. The fourth-order valence-electron chi connectivity index (χ4n) is 6.05. The summed E-state index contributed by atoms with van der Waals surface area (Å²) in [4.78, 5) is 30.9. The molecular formula is C32H38N4O4. The number of nitrogens with zero attached hydrogens (tertiary/aromatic N) is 2. The molecule has 3 aliphatic rings. The lowest BCUT2D eigenvalue weighted by Crippen LogP contribution is -2.38. The maximum Gasteiger partial charge on any atom is 0.251 e. The first-order valence-corrected chi connectivity index (χ1v) is 14.6. The number of ether oxygens (including phenoxy) is 2.